The summed E-state index contributed by atoms with van der Waals surface area (Å²) in [5, 5.41) is 3.67. The molecule has 0 aliphatic carbocycles. The van der Waals surface area contributed by atoms with Crippen LogP contribution >= 0.6 is 23.2 Å². The fraction of sp³-hybridized carbons (Fsp3) is 0.355. The summed E-state index contributed by atoms with van der Waals surface area (Å²) in [5.41, 5.74) is 3.14. The molecule has 220 valence electrons. The second-order valence-corrected chi connectivity index (χ2v) is 14.0. The first-order valence-corrected chi connectivity index (χ1v) is 15.4. The minimum atomic E-state index is -4.15. The van der Waals surface area contributed by atoms with Gasteiger partial charge in [-0.3, -0.25) is 13.9 Å². The second kappa shape index (κ2) is 12.8. The van der Waals surface area contributed by atoms with Crippen molar-refractivity contribution >= 4 is 50.7 Å². The van der Waals surface area contributed by atoms with Crippen LogP contribution in [0.4, 0.5) is 5.69 Å². The van der Waals surface area contributed by atoms with Gasteiger partial charge in [0.1, 0.15) is 12.6 Å². The number of sulfonamides is 1. The van der Waals surface area contributed by atoms with Gasteiger partial charge in [0.25, 0.3) is 10.0 Å². The number of nitrogens with one attached hydrogen (secondary N) is 1. The quantitative estimate of drug-likeness (QED) is 0.299. The van der Waals surface area contributed by atoms with E-state index in [0.717, 1.165) is 21.0 Å². The molecule has 1 atom stereocenters. The molecule has 41 heavy (non-hydrogen) atoms. The molecule has 3 aromatic carbocycles. The van der Waals surface area contributed by atoms with Gasteiger partial charge in [0.2, 0.25) is 11.8 Å². The maximum absolute atomic E-state index is 14.1. The monoisotopic (exact) mass is 617 g/mol. The molecule has 0 spiro atoms. The normalized spacial score (nSPS) is 12.5. The van der Waals surface area contributed by atoms with Crippen LogP contribution in [0.3, 0.4) is 0 Å². The molecule has 2 amide bonds. The summed E-state index contributed by atoms with van der Waals surface area (Å²) in [4.78, 5) is 28.7. The number of rotatable bonds is 9. The SMILES string of the molecule is Cc1ccc(S(=O)(=O)N(CC(=O)N(Cc2ccc(Cl)cc2Cl)[C@H](C)C(=O)NC(C)(C)C)c2ccc(C)c(C)c2)cc1. The number of halogens is 2. The zero-order valence-electron chi connectivity index (χ0n) is 24.5. The van der Waals surface area contributed by atoms with E-state index >= 15 is 0 Å². The maximum Gasteiger partial charge on any atom is 0.264 e. The lowest BCUT2D eigenvalue weighted by Crippen LogP contribution is -2.54. The first kappa shape index (κ1) is 32.4. The van der Waals surface area contributed by atoms with E-state index in [9.17, 15) is 18.0 Å². The minimum absolute atomic E-state index is 0.0289. The van der Waals surface area contributed by atoms with Crippen molar-refractivity contribution in [1.82, 2.24) is 10.2 Å². The van der Waals surface area contributed by atoms with Crippen molar-refractivity contribution in [1.29, 1.82) is 0 Å². The lowest BCUT2D eigenvalue weighted by Gasteiger charge is -2.33. The standard InChI is InChI=1S/C31H37Cl2N3O4S/c1-20-8-14-27(15-9-20)41(39,40)36(26-13-10-21(2)22(3)16-26)19-29(37)35(23(4)30(38)34-31(5,6)7)18-24-11-12-25(32)17-28(24)33/h8-17,23H,18-19H2,1-7H3,(H,34,38)/t23-/m1/s1. The fourth-order valence-corrected chi connectivity index (χ4v) is 6.01. The highest BCUT2D eigenvalue weighted by Gasteiger charge is 2.33. The van der Waals surface area contributed by atoms with Crippen molar-refractivity contribution in [2.45, 2.75) is 71.5 Å². The minimum Gasteiger partial charge on any atom is -0.350 e. The second-order valence-electron chi connectivity index (χ2n) is 11.3. The highest BCUT2D eigenvalue weighted by molar-refractivity contribution is 7.92. The number of hydrogen-bond acceptors (Lipinski definition) is 4. The van der Waals surface area contributed by atoms with Crippen LogP contribution < -0.4 is 9.62 Å². The highest BCUT2D eigenvalue weighted by atomic mass is 35.5. The van der Waals surface area contributed by atoms with Gasteiger partial charge in [0, 0.05) is 22.1 Å². The van der Waals surface area contributed by atoms with E-state index in [1.54, 1.807) is 49.4 Å². The van der Waals surface area contributed by atoms with Crippen molar-refractivity contribution in [3.05, 3.63) is 93.0 Å². The zero-order chi connectivity index (χ0) is 30.7. The van der Waals surface area contributed by atoms with Crippen LogP contribution in [0.2, 0.25) is 10.0 Å². The van der Waals surface area contributed by atoms with Crippen LogP contribution in [-0.4, -0.2) is 43.3 Å². The zero-order valence-corrected chi connectivity index (χ0v) is 26.8. The predicted octanol–water partition coefficient (Wildman–Crippen LogP) is 6.45. The van der Waals surface area contributed by atoms with Gasteiger partial charge in [-0.2, -0.15) is 0 Å². The Morgan fingerprint density at radius 3 is 2.10 bits per heavy atom. The van der Waals surface area contributed by atoms with Crippen LogP contribution in [0, 0.1) is 20.8 Å². The number of anilines is 1. The topological polar surface area (TPSA) is 86.8 Å². The molecule has 7 nitrogen and oxygen atoms in total. The number of carbonyl (C=O) groups excluding carboxylic acids is 2. The molecule has 0 saturated heterocycles. The molecule has 1 N–H and O–H groups in total. The molecule has 3 aromatic rings. The van der Waals surface area contributed by atoms with Crippen molar-refractivity contribution < 1.29 is 18.0 Å². The van der Waals surface area contributed by atoms with Gasteiger partial charge in [-0.15, -0.1) is 0 Å². The Morgan fingerprint density at radius 1 is 0.902 bits per heavy atom. The molecule has 3 rings (SSSR count). The summed E-state index contributed by atoms with van der Waals surface area (Å²) in [6.07, 6.45) is 0. The van der Waals surface area contributed by atoms with Crippen molar-refractivity contribution in [3.8, 4) is 0 Å². The first-order chi connectivity index (χ1) is 19.0. The van der Waals surface area contributed by atoms with E-state index in [4.69, 9.17) is 23.2 Å². The molecule has 10 heteroatoms. The Labute approximate surface area is 253 Å². The van der Waals surface area contributed by atoms with Crippen LogP contribution in [0.5, 0.6) is 0 Å². The van der Waals surface area contributed by atoms with Crippen LogP contribution in [-0.2, 0) is 26.2 Å². The molecule has 0 unspecified atom stereocenters. The molecular formula is C31H37Cl2N3O4S. The van der Waals surface area contributed by atoms with Crippen molar-refractivity contribution in [3.63, 3.8) is 0 Å². The van der Waals surface area contributed by atoms with E-state index in [2.05, 4.69) is 5.32 Å². The van der Waals surface area contributed by atoms with Gasteiger partial charge in [-0.05, 0) is 102 Å². The smallest absolute Gasteiger partial charge is 0.264 e. The van der Waals surface area contributed by atoms with Gasteiger partial charge in [-0.25, -0.2) is 8.42 Å². The average molecular weight is 619 g/mol. The van der Waals surface area contributed by atoms with E-state index < -0.39 is 34.1 Å². The summed E-state index contributed by atoms with van der Waals surface area (Å²) in [7, 11) is -4.15. The van der Waals surface area contributed by atoms with E-state index in [0.29, 0.717) is 21.3 Å². The largest absolute Gasteiger partial charge is 0.350 e. The number of hydrogen-bond donors (Lipinski definition) is 1. The Kier molecular flexibility index (Phi) is 10.2. The number of amides is 2. The molecule has 0 fully saturated rings. The molecule has 0 radical (unpaired) electrons. The van der Waals surface area contributed by atoms with Gasteiger partial charge in [-0.1, -0.05) is 53.0 Å². The lowest BCUT2D eigenvalue weighted by atomic mass is 10.1. The molecule has 0 aliphatic rings. The summed E-state index contributed by atoms with van der Waals surface area (Å²) in [6.45, 7) is 12.3. The van der Waals surface area contributed by atoms with Gasteiger partial charge < -0.3 is 10.2 Å². The summed E-state index contributed by atoms with van der Waals surface area (Å²) in [6, 6.07) is 15.7. The summed E-state index contributed by atoms with van der Waals surface area (Å²) in [5.74, 6) is -0.948. The molecule has 0 heterocycles. The maximum atomic E-state index is 14.1. The Morgan fingerprint density at radius 2 is 1.54 bits per heavy atom. The number of aryl methyl sites for hydroxylation is 3. The average Bonchev–Trinajstić information content (AvgIpc) is 2.87. The third kappa shape index (κ3) is 8.24. The lowest BCUT2D eigenvalue weighted by molar-refractivity contribution is -0.140. The highest BCUT2D eigenvalue weighted by Crippen LogP contribution is 2.28. The van der Waals surface area contributed by atoms with Crippen LogP contribution in [0.25, 0.3) is 0 Å². The van der Waals surface area contributed by atoms with Crippen molar-refractivity contribution in [2.24, 2.45) is 0 Å². The first-order valence-electron chi connectivity index (χ1n) is 13.2. The molecule has 0 bridgehead atoms. The van der Waals surface area contributed by atoms with Gasteiger partial charge in [0.15, 0.2) is 0 Å². The molecule has 0 aliphatic heterocycles. The van der Waals surface area contributed by atoms with Gasteiger partial charge in [0.05, 0.1) is 10.6 Å². The third-order valence-electron chi connectivity index (χ3n) is 6.69. The number of nitrogens with zero attached hydrogens (tertiary/aromatic N) is 2. The summed E-state index contributed by atoms with van der Waals surface area (Å²) >= 11 is 12.5. The van der Waals surface area contributed by atoms with Crippen molar-refractivity contribution in [2.75, 3.05) is 10.8 Å². The Bertz CT molecular complexity index is 1530. The summed E-state index contributed by atoms with van der Waals surface area (Å²) < 4.78 is 29.1. The Hall–Kier alpha value is -3.07. The molecule has 0 saturated carbocycles. The van der Waals surface area contributed by atoms with Gasteiger partial charge >= 0.3 is 0 Å². The van der Waals surface area contributed by atoms with Crippen LogP contribution in [0.15, 0.2) is 65.6 Å². The molecular weight excluding hydrogens is 581 g/mol. The molecule has 0 aromatic heterocycles. The fourth-order valence-electron chi connectivity index (χ4n) is 4.14. The van der Waals surface area contributed by atoms with E-state index in [-0.39, 0.29) is 17.3 Å². The third-order valence-corrected chi connectivity index (χ3v) is 9.06. The van der Waals surface area contributed by atoms with Crippen LogP contribution in [0.1, 0.15) is 49.9 Å². The predicted molar refractivity (Wildman–Crippen MR) is 166 cm³/mol. The number of benzene rings is 3. The van der Waals surface area contributed by atoms with E-state index in [1.807, 2.05) is 47.6 Å². The number of carbonyl (C=O) groups is 2. The van der Waals surface area contributed by atoms with E-state index in [1.165, 1.54) is 17.0 Å². The Balaban J connectivity index is 2.09.